The quantitative estimate of drug-likeness (QED) is 0.105. The van der Waals surface area contributed by atoms with Crippen molar-refractivity contribution in [3.05, 3.63) is 182 Å². The summed E-state index contributed by atoms with van der Waals surface area (Å²) in [6.45, 7) is 10.2. The monoisotopic (exact) mass is 825 g/mol. The normalized spacial score (nSPS) is 14.9. The number of rotatable bonds is 16. The summed E-state index contributed by atoms with van der Waals surface area (Å²) < 4.78 is 12.8. The van der Waals surface area contributed by atoms with Gasteiger partial charge in [0.1, 0.15) is 24.2 Å². The third-order valence-electron chi connectivity index (χ3n) is 11.5. The number of carbonyl (C=O) groups excluding carboxylic acids is 1. The van der Waals surface area contributed by atoms with E-state index in [1.54, 1.807) is 6.07 Å². The van der Waals surface area contributed by atoms with Gasteiger partial charge < -0.3 is 14.8 Å². The molecule has 7 rings (SSSR count). The molecule has 0 fully saturated rings. The van der Waals surface area contributed by atoms with Crippen molar-refractivity contribution in [1.29, 1.82) is 0 Å². The maximum atomic E-state index is 14.2. The number of nitrogens with zero attached hydrogens (tertiary/aromatic N) is 2. The maximum Gasteiger partial charge on any atom is 0.237 e. The van der Waals surface area contributed by atoms with Crippen LogP contribution in [0.1, 0.15) is 89.9 Å². The van der Waals surface area contributed by atoms with Crippen molar-refractivity contribution in [1.82, 2.24) is 15.2 Å². The average molecular weight is 827 g/mol. The Balaban J connectivity index is 1.04. The molecule has 1 aliphatic heterocycles. The number of halogens is 2. The Morgan fingerprint density at radius 2 is 1.56 bits per heavy atom. The molecule has 3 atom stereocenters. The lowest BCUT2D eigenvalue weighted by Crippen LogP contribution is -2.51. The third-order valence-corrected chi connectivity index (χ3v) is 12.3. The van der Waals surface area contributed by atoms with Crippen molar-refractivity contribution >= 4 is 29.1 Å². The highest BCUT2D eigenvalue weighted by atomic mass is 35.5. The number of fused-ring (bicyclic) bond motifs is 1. The van der Waals surface area contributed by atoms with Gasteiger partial charge in [-0.3, -0.25) is 14.7 Å². The molecule has 3 unspecified atom stereocenters. The summed E-state index contributed by atoms with van der Waals surface area (Å²) in [7, 11) is 0. The highest BCUT2D eigenvalue weighted by Gasteiger charge is 2.36. The number of benzene rings is 5. The van der Waals surface area contributed by atoms with E-state index in [0.29, 0.717) is 36.2 Å². The fraction of sp³-hybridized carbons (Fsp3) is 0.294. The van der Waals surface area contributed by atoms with Crippen LogP contribution in [-0.2, 0) is 30.8 Å². The van der Waals surface area contributed by atoms with Crippen LogP contribution in [0, 0.1) is 13.8 Å². The number of aryl methyl sites for hydroxylation is 1. The molecule has 2 heterocycles. The SMILES string of the molecule is CCCC(Oc1ccc2c(c1)CN(C(CC)c1ccccc1)C(C(=O)NCCc1ccc(-c3ccnc(C)c3C)cc1)C2)c1ccc(OCc2ccc(Cl)c(Cl)c2)cc1. The van der Waals surface area contributed by atoms with Gasteiger partial charge in [0.15, 0.2) is 0 Å². The van der Waals surface area contributed by atoms with E-state index in [-0.39, 0.29) is 24.1 Å². The van der Waals surface area contributed by atoms with Gasteiger partial charge in [0, 0.05) is 31.0 Å². The van der Waals surface area contributed by atoms with Crippen LogP contribution < -0.4 is 14.8 Å². The molecule has 304 valence electrons. The first-order valence-corrected chi connectivity index (χ1v) is 21.5. The Kier molecular flexibility index (Phi) is 14.1. The largest absolute Gasteiger partial charge is 0.489 e. The molecule has 5 aromatic carbocycles. The third kappa shape index (κ3) is 10.4. The standard InChI is InChI=1S/C51H53Cl2N3O3/c1-5-10-50(40-18-21-43(22-19-40)58-33-37-15-24-46(52)47(53)29-37)59-44-23-20-41-31-49(56(32-42(41)30-44)48(6-2)39-11-8-7-9-12-39)51(57)55-27-25-36-13-16-38(17-14-36)45-26-28-54-35(4)34(45)3/h7-9,11-24,26,28-30,48-50H,5-6,10,25,27,31-33H2,1-4H3,(H,55,57). The van der Waals surface area contributed by atoms with Gasteiger partial charge >= 0.3 is 0 Å². The molecule has 6 nitrogen and oxygen atoms in total. The average Bonchev–Trinajstić information content (AvgIpc) is 3.26. The molecule has 0 radical (unpaired) electrons. The predicted octanol–water partition coefficient (Wildman–Crippen LogP) is 12.4. The van der Waals surface area contributed by atoms with Gasteiger partial charge in [-0.25, -0.2) is 0 Å². The van der Waals surface area contributed by atoms with Crippen LogP contribution >= 0.6 is 23.2 Å². The lowest BCUT2D eigenvalue weighted by Gasteiger charge is -2.41. The fourth-order valence-corrected chi connectivity index (χ4v) is 8.43. The van der Waals surface area contributed by atoms with Crippen LogP contribution in [0.15, 0.2) is 128 Å². The Bertz CT molecular complexity index is 2330. The van der Waals surface area contributed by atoms with Gasteiger partial charge in [-0.15, -0.1) is 0 Å². The minimum Gasteiger partial charge on any atom is -0.489 e. The second-order valence-corrected chi connectivity index (χ2v) is 16.3. The molecular weight excluding hydrogens is 773 g/mol. The second-order valence-electron chi connectivity index (χ2n) is 15.5. The molecule has 1 amide bonds. The van der Waals surface area contributed by atoms with E-state index in [1.807, 2.05) is 43.5 Å². The first-order chi connectivity index (χ1) is 28.7. The van der Waals surface area contributed by atoms with E-state index >= 15 is 0 Å². The van der Waals surface area contributed by atoms with Crippen LogP contribution in [0.2, 0.25) is 10.0 Å². The Morgan fingerprint density at radius 3 is 2.29 bits per heavy atom. The minimum atomic E-state index is -0.301. The molecule has 1 aliphatic rings. The van der Waals surface area contributed by atoms with Crippen LogP contribution in [0.4, 0.5) is 0 Å². The first-order valence-electron chi connectivity index (χ1n) is 20.8. The minimum absolute atomic E-state index is 0.0669. The molecule has 0 aliphatic carbocycles. The van der Waals surface area contributed by atoms with E-state index in [1.165, 1.54) is 38.9 Å². The van der Waals surface area contributed by atoms with Crippen LogP contribution in [0.25, 0.3) is 11.1 Å². The topological polar surface area (TPSA) is 63.7 Å². The van der Waals surface area contributed by atoms with Crippen LogP contribution in [-0.4, -0.2) is 28.4 Å². The molecule has 0 saturated carbocycles. The van der Waals surface area contributed by atoms with Crippen LogP contribution in [0.3, 0.4) is 0 Å². The van der Waals surface area contributed by atoms with Crippen molar-refractivity contribution in [2.24, 2.45) is 0 Å². The van der Waals surface area contributed by atoms with Crippen molar-refractivity contribution in [2.45, 2.75) is 91.1 Å². The lowest BCUT2D eigenvalue weighted by molar-refractivity contribution is -0.128. The Morgan fingerprint density at radius 1 is 0.814 bits per heavy atom. The number of hydrogen-bond acceptors (Lipinski definition) is 5. The van der Waals surface area contributed by atoms with Gasteiger partial charge in [0.2, 0.25) is 5.91 Å². The zero-order valence-corrected chi connectivity index (χ0v) is 35.9. The molecule has 0 spiro atoms. The summed E-state index contributed by atoms with van der Waals surface area (Å²) in [5.74, 6) is 1.67. The van der Waals surface area contributed by atoms with Crippen molar-refractivity contribution in [2.75, 3.05) is 6.54 Å². The smallest absolute Gasteiger partial charge is 0.237 e. The number of ether oxygens (including phenoxy) is 2. The van der Waals surface area contributed by atoms with Gasteiger partial charge in [-0.05, 0) is 132 Å². The summed E-state index contributed by atoms with van der Waals surface area (Å²) in [6.07, 6.45) is 5.86. The van der Waals surface area contributed by atoms with E-state index in [4.69, 9.17) is 32.7 Å². The maximum absolute atomic E-state index is 14.2. The van der Waals surface area contributed by atoms with E-state index in [2.05, 4.69) is 121 Å². The van der Waals surface area contributed by atoms with Crippen molar-refractivity contribution < 1.29 is 14.3 Å². The number of aromatic nitrogens is 1. The number of nitrogens with one attached hydrogen (secondary N) is 1. The molecule has 59 heavy (non-hydrogen) atoms. The fourth-order valence-electron chi connectivity index (χ4n) is 8.11. The van der Waals surface area contributed by atoms with Crippen molar-refractivity contribution in [3.8, 4) is 22.6 Å². The summed E-state index contributed by atoms with van der Waals surface area (Å²) in [5, 5.41) is 4.36. The van der Waals surface area contributed by atoms with E-state index in [0.717, 1.165) is 54.0 Å². The lowest BCUT2D eigenvalue weighted by atomic mass is 9.89. The molecule has 1 N–H and O–H groups in total. The molecular formula is C51H53Cl2N3O3. The van der Waals surface area contributed by atoms with E-state index < -0.39 is 0 Å². The number of hydrogen-bond donors (Lipinski definition) is 1. The Labute approximate surface area is 359 Å². The van der Waals surface area contributed by atoms with E-state index in [9.17, 15) is 4.79 Å². The Hall–Kier alpha value is -5.14. The highest BCUT2D eigenvalue weighted by molar-refractivity contribution is 6.42. The zero-order chi connectivity index (χ0) is 41.3. The number of amides is 1. The van der Waals surface area contributed by atoms with Gasteiger partial charge in [0.05, 0.1) is 16.1 Å². The molecule has 8 heteroatoms. The summed E-state index contributed by atoms with van der Waals surface area (Å²) in [6, 6.07) is 41.2. The molecule has 6 aromatic rings. The van der Waals surface area contributed by atoms with Crippen molar-refractivity contribution in [3.63, 3.8) is 0 Å². The predicted molar refractivity (Wildman–Crippen MR) is 240 cm³/mol. The number of pyridine rings is 1. The summed E-state index contributed by atoms with van der Waals surface area (Å²) in [5.41, 5.74) is 11.5. The second kappa shape index (κ2) is 19.7. The molecule has 1 aromatic heterocycles. The molecule has 0 saturated heterocycles. The summed E-state index contributed by atoms with van der Waals surface area (Å²) in [4.78, 5) is 21.0. The summed E-state index contributed by atoms with van der Waals surface area (Å²) >= 11 is 12.3. The van der Waals surface area contributed by atoms with Gasteiger partial charge in [-0.1, -0.05) is 122 Å². The zero-order valence-electron chi connectivity index (χ0n) is 34.4. The number of carbonyl (C=O) groups is 1. The van der Waals surface area contributed by atoms with Gasteiger partial charge in [-0.2, -0.15) is 0 Å². The highest BCUT2D eigenvalue weighted by Crippen LogP contribution is 2.37. The molecule has 0 bridgehead atoms. The van der Waals surface area contributed by atoms with Crippen LogP contribution in [0.5, 0.6) is 11.5 Å². The first kappa shape index (κ1) is 42.0. The van der Waals surface area contributed by atoms with Gasteiger partial charge in [0.25, 0.3) is 0 Å².